The first-order chi connectivity index (χ1) is 21.5. The Labute approximate surface area is 269 Å². The first-order valence-corrected chi connectivity index (χ1v) is 15.7. The fraction of sp³-hybridized carbons (Fsp3) is 0.559. The number of carbonyl (C=O) groups excluding carboxylic acids is 3. The fourth-order valence-electron chi connectivity index (χ4n) is 5.21. The summed E-state index contributed by atoms with van der Waals surface area (Å²) in [6.07, 6.45) is -3.04. The molecule has 12 heteroatoms. The van der Waals surface area contributed by atoms with Crippen molar-refractivity contribution < 1.29 is 41.8 Å². The van der Waals surface area contributed by atoms with Gasteiger partial charge in [0, 0.05) is 25.0 Å². The van der Waals surface area contributed by atoms with Crippen LogP contribution in [0.2, 0.25) is 0 Å². The minimum Gasteiger partial charge on any atom is -0.488 e. The number of amides is 3. The molecule has 1 aliphatic heterocycles. The molecule has 0 saturated heterocycles. The van der Waals surface area contributed by atoms with E-state index in [0.717, 1.165) is 11.1 Å². The van der Waals surface area contributed by atoms with Crippen LogP contribution in [-0.2, 0) is 22.4 Å². The monoisotopic (exact) mass is 649 g/mol. The highest BCUT2D eigenvalue weighted by Crippen LogP contribution is 2.35. The molecule has 1 aliphatic rings. The van der Waals surface area contributed by atoms with Crippen LogP contribution in [0, 0.1) is 0 Å². The van der Waals surface area contributed by atoms with Crippen LogP contribution in [0.1, 0.15) is 82.8 Å². The molecule has 2 aromatic rings. The normalized spacial score (nSPS) is 13.7. The maximum Gasteiger partial charge on any atom is 0.422 e. The Kier molecular flexibility index (Phi) is 12.3. The number of para-hydroxylation sites is 2. The van der Waals surface area contributed by atoms with Crippen LogP contribution < -0.4 is 19.7 Å². The Hall–Kier alpha value is -3.96. The van der Waals surface area contributed by atoms with Gasteiger partial charge in [-0.3, -0.25) is 9.59 Å². The van der Waals surface area contributed by atoms with Crippen LogP contribution in [-0.4, -0.2) is 73.0 Å². The summed E-state index contributed by atoms with van der Waals surface area (Å²) in [6, 6.07) is 9.26. The molecule has 1 heterocycles. The average Bonchev–Trinajstić information content (AvgIpc) is 3.36. The van der Waals surface area contributed by atoms with Crippen molar-refractivity contribution in [2.24, 2.45) is 0 Å². The van der Waals surface area contributed by atoms with E-state index in [2.05, 4.69) is 5.32 Å². The van der Waals surface area contributed by atoms with Gasteiger partial charge in [-0.25, -0.2) is 4.79 Å². The average molecular weight is 650 g/mol. The Balaban J connectivity index is 1.86. The summed E-state index contributed by atoms with van der Waals surface area (Å²) in [6.45, 7) is 11.8. The molecular formula is C34H46F3N3O6. The van der Waals surface area contributed by atoms with Gasteiger partial charge in [0.2, 0.25) is 5.91 Å². The van der Waals surface area contributed by atoms with Crippen molar-refractivity contribution in [2.45, 2.75) is 98.0 Å². The molecule has 0 radical (unpaired) electrons. The predicted molar refractivity (Wildman–Crippen MR) is 170 cm³/mol. The van der Waals surface area contributed by atoms with Gasteiger partial charge in [-0.2, -0.15) is 13.2 Å². The molecule has 0 spiro atoms. The Morgan fingerprint density at radius 1 is 1.02 bits per heavy atom. The van der Waals surface area contributed by atoms with Gasteiger partial charge in [-0.1, -0.05) is 25.1 Å². The van der Waals surface area contributed by atoms with Crippen LogP contribution in [0.25, 0.3) is 0 Å². The second kappa shape index (κ2) is 15.6. The third-order valence-electron chi connectivity index (χ3n) is 7.07. The van der Waals surface area contributed by atoms with Crippen molar-refractivity contribution in [2.75, 3.05) is 31.2 Å². The fourth-order valence-corrected chi connectivity index (χ4v) is 5.21. The molecule has 0 unspecified atom stereocenters. The highest BCUT2D eigenvalue weighted by atomic mass is 19.4. The lowest BCUT2D eigenvalue weighted by Gasteiger charge is -2.32. The minimum atomic E-state index is -4.51. The summed E-state index contributed by atoms with van der Waals surface area (Å²) < 4.78 is 54.6. The van der Waals surface area contributed by atoms with Crippen molar-refractivity contribution in [1.82, 2.24) is 10.2 Å². The summed E-state index contributed by atoms with van der Waals surface area (Å²) in [4.78, 5) is 42.8. The third kappa shape index (κ3) is 10.6. The molecule has 0 fully saturated rings. The van der Waals surface area contributed by atoms with Crippen LogP contribution >= 0.6 is 0 Å². The van der Waals surface area contributed by atoms with E-state index in [0.29, 0.717) is 43.5 Å². The molecule has 0 bridgehead atoms. The smallest absolute Gasteiger partial charge is 0.422 e. The van der Waals surface area contributed by atoms with Gasteiger partial charge in [0.1, 0.15) is 12.2 Å². The largest absolute Gasteiger partial charge is 0.488 e. The van der Waals surface area contributed by atoms with Crippen LogP contribution in [0.3, 0.4) is 0 Å². The number of hydrogen-bond donors (Lipinski definition) is 1. The van der Waals surface area contributed by atoms with Gasteiger partial charge >= 0.3 is 12.3 Å². The lowest BCUT2D eigenvalue weighted by atomic mass is 9.97. The zero-order valence-corrected chi connectivity index (χ0v) is 27.8. The Morgan fingerprint density at radius 2 is 1.67 bits per heavy atom. The standard InChI is InChI=1S/C34H46F3N3O6/c1-8-11-29(41)40-15-14-25-19-24(20-26(30(25)40)31(42)38-22(2)3)18-23(4)39(32(43)46-33(5,6)7)16-17-44-27-12-9-10-13-28(27)45-21-34(35,36)37/h9-10,12-13,19-20,22-23H,8,11,14-18,21H2,1-7H3,(H,38,42)/t23-/m1/s1. The van der Waals surface area contributed by atoms with E-state index in [9.17, 15) is 27.6 Å². The zero-order chi connectivity index (χ0) is 34.2. The number of fused-ring (bicyclic) bond motifs is 1. The van der Waals surface area contributed by atoms with E-state index in [-0.39, 0.29) is 42.5 Å². The van der Waals surface area contributed by atoms with Crippen LogP contribution in [0.15, 0.2) is 36.4 Å². The van der Waals surface area contributed by atoms with Crippen molar-refractivity contribution in [3.63, 3.8) is 0 Å². The highest BCUT2D eigenvalue weighted by Gasteiger charge is 2.32. The topological polar surface area (TPSA) is 97.4 Å². The number of halogens is 3. The van der Waals surface area contributed by atoms with Crippen molar-refractivity contribution in [3.8, 4) is 11.5 Å². The zero-order valence-electron chi connectivity index (χ0n) is 27.8. The molecule has 3 rings (SSSR count). The molecular weight excluding hydrogens is 603 g/mol. The number of nitrogens with zero attached hydrogens (tertiary/aromatic N) is 2. The van der Waals surface area contributed by atoms with Gasteiger partial charge in [0.25, 0.3) is 5.91 Å². The predicted octanol–water partition coefficient (Wildman–Crippen LogP) is 6.70. The van der Waals surface area contributed by atoms with Crippen molar-refractivity contribution in [1.29, 1.82) is 0 Å². The van der Waals surface area contributed by atoms with Gasteiger partial charge in [0.05, 0.1) is 17.8 Å². The first kappa shape index (κ1) is 36.5. The second-order valence-electron chi connectivity index (χ2n) is 12.8. The third-order valence-corrected chi connectivity index (χ3v) is 7.07. The number of hydrogen-bond acceptors (Lipinski definition) is 6. The quantitative estimate of drug-likeness (QED) is 0.259. The number of ether oxygens (including phenoxy) is 3. The summed E-state index contributed by atoms with van der Waals surface area (Å²) in [5, 5.41) is 2.94. The Bertz CT molecular complexity index is 1370. The van der Waals surface area contributed by atoms with Crippen molar-refractivity contribution >= 4 is 23.6 Å². The number of anilines is 1. The minimum absolute atomic E-state index is 0.0255. The number of carbonyl (C=O) groups is 3. The Morgan fingerprint density at radius 3 is 2.26 bits per heavy atom. The number of benzene rings is 2. The summed E-state index contributed by atoms with van der Waals surface area (Å²) in [5.74, 6) is -0.248. The SMILES string of the molecule is CCCC(=O)N1CCc2cc(C[C@@H](C)N(CCOc3ccccc3OCC(F)(F)F)C(=O)OC(C)(C)C)cc(C(=O)NC(C)C)c21. The van der Waals surface area contributed by atoms with E-state index in [4.69, 9.17) is 14.2 Å². The highest BCUT2D eigenvalue weighted by molar-refractivity contribution is 6.06. The van der Waals surface area contributed by atoms with E-state index in [1.165, 1.54) is 17.0 Å². The van der Waals surface area contributed by atoms with Crippen LogP contribution in [0.4, 0.5) is 23.7 Å². The number of rotatable bonds is 13. The first-order valence-electron chi connectivity index (χ1n) is 15.7. The summed E-state index contributed by atoms with van der Waals surface area (Å²) in [5.41, 5.74) is 1.98. The van der Waals surface area contributed by atoms with E-state index >= 15 is 0 Å². The molecule has 46 heavy (non-hydrogen) atoms. The molecule has 1 atom stereocenters. The molecule has 1 N–H and O–H groups in total. The van der Waals surface area contributed by atoms with E-state index in [1.807, 2.05) is 33.8 Å². The lowest BCUT2D eigenvalue weighted by Crippen LogP contribution is -2.45. The molecule has 0 aromatic heterocycles. The molecule has 2 aromatic carbocycles. The lowest BCUT2D eigenvalue weighted by molar-refractivity contribution is -0.153. The number of nitrogens with one attached hydrogen (secondary N) is 1. The summed E-state index contributed by atoms with van der Waals surface area (Å²) >= 11 is 0. The summed E-state index contributed by atoms with van der Waals surface area (Å²) in [7, 11) is 0. The molecule has 9 nitrogen and oxygen atoms in total. The van der Waals surface area contributed by atoms with E-state index in [1.54, 1.807) is 43.9 Å². The maximum atomic E-state index is 13.4. The molecule has 0 saturated carbocycles. The molecule has 3 amide bonds. The van der Waals surface area contributed by atoms with Crippen molar-refractivity contribution in [3.05, 3.63) is 53.1 Å². The molecule has 254 valence electrons. The van der Waals surface area contributed by atoms with Gasteiger partial charge in [0.15, 0.2) is 18.1 Å². The second-order valence-corrected chi connectivity index (χ2v) is 12.8. The van der Waals surface area contributed by atoms with Gasteiger partial charge in [-0.05, 0) is 90.1 Å². The van der Waals surface area contributed by atoms with Gasteiger partial charge < -0.3 is 29.3 Å². The van der Waals surface area contributed by atoms with Gasteiger partial charge in [-0.15, -0.1) is 0 Å². The maximum absolute atomic E-state index is 13.4. The molecule has 0 aliphatic carbocycles. The van der Waals surface area contributed by atoms with Crippen LogP contribution in [0.5, 0.6) is 11.5 Å². The number of alkyl halides is 3. The van der Waals surface area contributed by atoms with E-state index < -0.39 is 30.5 Å².